The van der Waals surface area contributed by atoms with Crippen LogP contribution in [0.25, 0.3) is 0 Å². The van der Waals surface area contributed by atoms with Crippen LogP contribution in [0.1, 0.15) is 0 Å². The maximum atomic E-state index is 12.2. The normalized spacial score (nSPS) is 11.3. The van der Waals surface area contributed by atoms with Crippen molar-refractivity contribution >= 4 is 10.0 Å². The largest absolute Gasteiger partial charge is 0.497 e. The van der Waals surface area contributed by atoms with E-state index in [1.165, 1.54) is 12.1 Å². The zero-order chi connectivity index (χ0) is 18.8. The Morgan fingerprint density at radius 3 is 1.96 bits per heavy atom. The topological polar surface area (TPSA) is 85.9 Å². The molecule has 2 aromatic carbocycles. The first-order valence-corrected chi connectivity index (χ1v) is 9.65. The van der Waals surface area contributed by atoms with Crippen LogP contribution in [0.2, 0.25) is 0 Å². The van der Waals surface area contributed by atoms with Crippen LogP contribution in [0.15, 0.2) is 53.4 Å². The third-order valence-corrected chi connectivity index (χ3v) is 4.98. The third-order valence-electron chi connectivity index (χ3n) is 3.51. The summed E-state index contributed by atoms with van der Waals surface area (Å²) >= 11 is 0. The average molecular weight is 380 g/mol. The summed E-state index contributed by atoms with van der Waals surface area (Å²) < 4.78 is 42.7. The van der Waals surface area contributed by atoms with Crippen molar-refractivity contribution < 1.29 is 22.6 Å². The van der Waals surface area contributed by atoms with Crippen LogP contribution >= 0.6 is 0 Å². The highest BCUT2D eigenvalue weighted by atomic mass is 32.2. The summed E-state index contributed by atoms with van der Waals surface area (Å²) in [6.45, 7) is 2.09. The van der Waals surface area contributed by atoms with Gasteiger partial charge in [-0.15, -0.1) is 0 Å². The van der Waals surface area contributed by atoms with Gasteiger partial charge in [0.15, 0.2) is 0 Å². The molecule has 0 unspecified atom stereocenters. The molecule has 0 aromatic heterocycles. The van der Waals surface area contributed by atoms with Gasteiger partial charge in [-0.25, -0.2) is 13.1 Å². The van der Waals surface area contributed by atoms with Gasteiger partial charge in [-0.3, -0.25) is 0 Å². The van der Waals surface area contributed by atoms with Gasteiger partial charge in [-0.1, -0.05) is 0 Å². The fourth-order valence-corrected chi connectivity index (χ4v) is 3.15. The molecule has 0 saturated carbocycles. The lowest BCUT2D eigenvalue weighted by molar-refractivity contribution is 0.199. The summed E-state index contributed by atoms with van der Waals surface area (Å²) in [4.78, 5) is 0.191. The van der Waals surface area contributed by atoms with E-state index in [0.29, 0.717) is 37.7 Å². The second-order valence-corrected chi connectivity index (χ2v) is 7.16. The Morgan fingerprint density at radius 1 is 0.808 bits per heavy atom. The summed E-state index contributed by atoms with van der Waals surface area (Å²) in [6, 6.07) is 13.4. The van der Waals surface area contributed by atoms with E-state index < -0.39 is 10.0 Å². The first-order valence-electron chi connectivity index (χ1n) is 8.16. The number of sulfonamides is 1. The van der Waals surface area contributed by atoms with Crippen molar-refractivity contribution in [2.45, 2.75) is 4.90 Å². The average Bonchev–Trinajstić information content (AvgIpc) is 2.65. The van der Waals surface area contributed by atoms with Crippen molar-refractivity contribution in [3.63, 3.8) is 0 Å². The Kier molecular flexibility index (Phi) is 7.86. The standard InChI is InChI=1S/C18H24N2O5S/c1-23-14-13-19-11-12-20-26(21,22)18-9-7-17(8-10-18)25-16-5-3-15(24-2)4-6-16/h3-10,19-20H,11-14H2,1-2H3. The van der Waals surface area contributed by atoms with Crippen molar-refractivity contribution in [1.29, 1.82) is 0 Å². The van der Waals surface area contributed by atoms with Crippen LogP contribution in [-0.4, -0.2) is 48.9 Å². The molecule has 0 spiro atoms. The molecule has 2 N–H and O–H groups in total. The summed E-state index contributed by atoms with van der Waals surface area (Å²) in [5.74, 6) is 1.93. The minimum Gasteiger partial charge on any atom is -0.497 e. The van der Waals surface area contributed by atoms with E-state index in [1.54, 1.807) is 50.6 Å². The number of nitrogens with one attached hydrogen (secondary N) is 2. The first kappa shape index (κ1) is 20.2. The van der Waals surface area contributed by atoms with Gasteiger partial charge < -0.3 is 19.5 Å². The lowest BCUT2D eigenvalue weighted by atomic mass is 10.3. The predicted octanol–water partition coefficient (Wildman–Crippen LogP) is 2.00. The minimum absolute atomic E-state index is 0.191. The number of hydrogen-bond donors (Lipinski definition) is 2. The van der Waals surface area contributed by atoms with Crippen molar-refractivity contribution in [3.05, 3.63) is 48.5 Å². The van der Waals surface area contributed by atoms with E-state index in [4.69, 9.17) is 14.2 Å². The molecule has 0 bridgehead atoms. The predicted molar refractivity (Wildman–Crippen MR) is 99.4 cm³/mol. The number of methoxy groups -OCH3 is 2. The molecule has 0 aliphatic heterocycles. The number of rotatable bonds is 11. The lowest BCUT2D eigenvalue weighted by Gasteiger charge is -2.09. The molecule has 0 atom stereocenters. The van der Waals surface area contributed by atoms with Gasteiger partial charge in [-0.2, -0.15) is 0 Å². The zero-order valence-electron chi connectivity index (χ0n) is 14.9. The van der Waals surface area contributed by atoms with Gasteiger partial charge in [0.1, 0.15) is 17.2 Å². The van der Waals surface area contributed by atoms with Crippen molar-refractivity contribution in [3.8, 4) is 17.2 Å². The molecule has 0 fully saturated rings. The lowest BCUT2D eigenvalue weighted by Crippen LogP contribution is -2.33. The molecule has 2 rings (SSSR count). The van der Waals surface area contributed by atoms with E-state index in [1.807, 2.05) is 0 Å². The summed E-state index contributed by atoms with van der Waals surface area (Å²) in [6.07, 6.45) is 0. The van der Waals surface area contributed by atoms with E-state index in [9.17, 15) is 8.42 Å². The minimum atomic E-state index is -3.54. The summed E-state index contributed by atoms with van der Waals surface area (Å²) in [5.41, 5.74) is 0. The van der Waals surface area contributed by atoms with Crippen molar-refractivity contribution in [1.82, 2.24) is 10.0 Å². The third kappa shape index (κ3) is 6.30. The number of ether oxygens (including phenoxy) is 3. The monoisotopic (exact) mass is 380 g/mol. The first-order chi connectivity index (χ1) is 12.5. The molecule has 26 heavy (non-hydrogen) atoms. The van der Waals surface area contributed by atoms with Crippen LogP contribution in [0, 0.1) is 0 Å². The zero-order valence-corrected chi connectivity index (χ0v) is 15.7. The van der Waals surface area contributed by atoms with Gasteiger partial charge in [0.25, 0.3) is 0 Å². The van der Waals surface area contributed by atoms with Crippen LogP contribution in [0.3, 0.4) is 0 Å². The van der Waals surface area contributed by atoms with Crippen LogP contribution < -0.4 is 19.5 Å². The number of hydrogen-bond acceptors (Lipinski definition) is 6. The highest BCUT2D eigenvalue weighted by Gasteiger charge is 2.13. The maximum Gasteiger partial charge on any atom is 0.240 e. The van der Waals surface area contributed by atoms with Gasteiger partial charge in [0, 0.05) is 26.7 Å². The van der Waals surface area contributed by atoms with Crippen LogP contribution in [0.5, 0.6) is 17.2 Å². The van der Waals surface area contributed by atoms with E-state index in [2.05, 4.69) is 10.0 Å². The van der Waals surface area contributed by atoms with E-state index in [0.717, 1.165) is 5.75 Å². The molecule has 7 nitrogen and oxygen atoms in total. The van der Waals surface area contributed by atoms with Gasteiger partial charge in [-0.05, 0) is 48.5 Å². The Labute approximate surface area is 154 Å². The molecule has 0 amide bonds. The molecule has 142 valence electrons. The molecular weight excluding hydrogens is 356 g/mol. The molecule has 0 saturated heterocycles. The molecule has 0 heterocycles. The second-order valence-electron chi connectivity index (χ2n) is 5.39. The molecule has 0 radical (unpaired) electrons. The Bertz CT molecular complexity index is 761. The van der Waals surface area contributed by atoms with Crippen molar-refractivity contribution in [2.75, 3.05) is 40.5 Å². The van der Waals surface area contributed by atoms with Crippen LogP contribution in [0.4, 0.5) is 0 Å². The quantitative estimate of drug-likeness (QED) is 0.580. The molecule has 0 aliphatic carbocycles. The molecule has 0 aliphatic rings. The SMILES string of the molecule is COCCNCCNS(=O)(=O)c1ccc(Oc2ccc(OC)cc2)cc1. The fraction of sp³-hybridized carbons (Fsp3) is 0.333. The summed E-state index contributed by atoms with van der Waals surface area (Å²) in [7, 11) is -0.332. The Balaban J connectivity index is 1.88. The Morgan fingerprint density at radius 2 is 1.38 bits per heavy atom. The van der Waals surface area contributed by atoms with Gasteiger partial charge in [0.2, 0.25) is 10.0 Å². The van der Waals surface area contributed by atoms with Crippen LogP contribution in [-0.2, 0) is 14.8 Å². The highest BCUT2D eigenvalue weighted by molar-refractivity contribution is 7.89. The maximum absolute atomic E-state index is 12.2. The highest BCUT2D eigenvalue weighted by Crippen LogP contribution is 2.24. The van der Waals surface area contributed by atoms with Gasteiger partial charge >= 0.3 is 0 Å². The fourth-order valence-electron chi connectivity index (χ4n) is 2.12. The van der Waals surface area contributed by atoms with Gasteiger partial charge in [0.05, 0.1) is 18.6 Å². The smallest absolute Gasteiger partial charge is 0.240 e. The van der Waals surface area contributed by atoms with Crippen molar-refractivity contribution in [2.24, 2.45) is 0 Å². The number of benzene rings is 2. The molecule has 2 aromatic rings. The van der Waals surface area contributed by atoms with E-state index in [-0.39, 0.29) is 4.90 Å². The summed E-state index contributed by atoms with van der Waals surface area (Å²) in [5, 5.41) is 3.07. The molecular formula is C18H24N2O5S. The second kappa shape index (κ2) is 10.1. The Hall–Kier alpha value is -2.13. The molecule has 8 heteroatoms. The van der Waals surface area contributed by atoms with E-state index >= 15 is 0 Å².